The van der Waals surface area contributed by atoms with Crippen molar-refractivity contribution in [3.8, 4) is 11.1 Å². The van der Waals surface area contributed by atoms with Gasteiger partial charge in [-0.25, -0.2) is 4.79 Å². The second-order valence-electron chi connectivity index (χ2n) is 9.62. The lowest BCUT2D eigenvalue weighted by atomic mass is 9.98. The Morgan fingerprint density at radius 2 is 1.00 bits per heavy atom. The summed E-state index contributed by atoms with van der Waals surface area (Å²) in [7, 11) is 0. The van der Waals surface area contributed by atoms with E-state index >= 15 is 0 Å². The van der Waals surface area contributed by atoms with Crippen LogP contribution in [0.2, 0.25) is 0 Å². The molecule has 0 saturated carbocycles. The van der Waals surface area contributed by atoms with Crippen molar-refractivity contribution in [1.82, 2.24) is 5.32 Å². The summed E-state index contributed by atoms with van der Waals surface area (Å²) in [5.41, 5.74) is 4.80. The number of esters is 1. The number of carbonyl (C=O) groups is 2. The smallest absolute Gasteiger partial charge is 0.407 e. The van der Waals surface area contributed by atoms with Crippen LogP contribution in [0.4, 0.5) is 4.79 Å². The van der Waals surface area contributed by atoms with Crippen molar-refractivity contribution < 1.29 is 47.5 Å². The molecule has 1 N–H and O–H groups in total. The Morgan fingerprint density at radius 3 is 1.47 bits per heavy atom. The molecule has 0 unspecified atom stereocenters. The van der Waals surface area contributed by atoms with Gasteiger partial charge in [0.1, 0.15) is 13.2 Å². The van der Waals surface area contributed by atoms with Crippen LogP contribution in [0.5, 0.6) is 0 Å². The van der Waals surface area contributed by atoms with Crippen LogP contribution in [0, 0.1) is 0 Å². The first-order valence-electron chi connectivity index (χ1n) is 14.9. The summed E-state index contributed by atoms with van der Waals surface area (Å²) in [5, 5.41) is 2.79. The Kier molecular flexibility index (Phi) is 17.3. The Balaban J connectivity index is 1.04. The zero-order chi connectivity index (χ0) is 30.4. The Labute approximate surface area is 254 Å². The molecule has 0 heterocycles. The van der Waals surface area contributed by atoms with Crippen LogP contribution in [-0.2, 0) is 42.7 Å². The van der Waals surface area contributed by atoms with Crippen LogP contribution in [-0.4, -0.2) is 111 Å². The van der Waals surface area contributed by atoms with E-state index in [0.29, 0.717) is 98.9 Å². The average molecular weight is 604 g/mol. The maximum absolute atomic E-state index is 12.2. The minimum absolute atomic E-state index is 0.0514. The Hall–Kier alpha value is -3.06. The molecule has 0 aliphatic heterocycles. The maximum atomic E-state index is 12.2. The summed E-state index contributed by atoms with van der Waals surface area (Å²) in [6.07, 6.45) is 0.268. The van der Waals surface area contributed by atoms with Gasteiger partial charge in [0.15, 0.2) is 0 Å². The third-order valence-corrected chi connectivity index (χ3v) is 6.47. The lowest BCUT2D eigenvalue weighted by molar-refractivity contribution is -0.142. The molecule has 238 valence electrons. The molecule has 0 fully saturated rings. The minimum atomic E-state index is -0.417. The fraction of sp³-hybridized carbons (Fsp3) is 0.562. The van der Waals surface area contributed by atoms with Gasteiger partial charge in [-0.3, -0.25) is 4.79 Å². The number of hydrogen-bond acceptors (Lipinski definition) is 10. The molecule has 2 aromatic carbocycles. The first-order chi connectivity index (χ1) is 21.2. The van der Waals surface area contributed by atoms with Gasteiger partial charge in [0.25, 0.3) is 0 Å². The summed E-state index contributed by atoms with van der Waals surface area (Å²) in [6, 6.07) is 16.5. The maximum Gasteiger partial charge on any atom is 0.407 e. The SMILES string of the molecule is CC(=O)OCCOCCOCCOCCOCCOCCOCCCNC(=O)OCC1c2ccccc2-c2ccccc21. The summed E-state index contributed by atoms with van der Waals surface area (Å²) in [4.78, 5) is 22.8. The van der Waals surface area contributed by atoms with Gasteiger partial charge in [-0.1, -0.05) is 48.5 Å². The summed E-state index contributed by atoms with van der Waals surface area (Å²) in [5.74, 6) is -0.262. The quantitative estimate of drug-likeness (QED) is 0.141. The van der Waals surface area contributed by atoms with Crippen LogP contribution in [0.3, 0.4) is 0 Å². The number of benzene rings is 2. The highest BCUT2D eigenvalue weighted by Crippen LogP contribution is 2.44. The second kappa shape index (κ2) is 21.6. The van der Waals surface area contributed by atoms with Gasteiger partial charge < -0.3 is 43.2 Å². The van der Waals surface area contributed by atoms with Crippen LogP contribution < -0.4 is 5.32 Å². The third kappa shape index (κ3) is 13.8. The van der Waals surface area contributed by atoms with Crippen molar-refractivity contribution in [1.29, 1.82) is 0 Å². The van der Waals surface area contributed by atoms with E-state index in [9.17, 15) is 9.59 Å². The van der Waals surface area contributed by atoms with Crippen molar-refractivity contribution in [2.75, 3.05) is 99.0 Å². The van der Waals surface area contributed by atoms with Crippen LogP contribution in [0.15, 0.2) is 48.5 Å². The molecule has 2 aromatic rings. The fourth-order valence-electron chi connectivity index (χ4n) is 4.46. The Bertz CT molecular complexity index is 1020. The van der Waals surface area contributed by atoms with E-state index < -0.39 is 6.09 Å². The van der Waals surface area contributed by atoms with Crippen molar-refractivity contribution in [3.63, 3.8) is 0 Å². The molecule has 1 amide bonds. The average Bonchev–Trinajstić information content (AvgIpc) is 3.33. The van der Waals surface area contributed by atoms with Gasteiger partial charge in [0, 0.05) is 26.0 Å². The van der Waals surface area contributed by atoms with E-state index in [-0.39, 0.29) is 18.5 Å². The van der Waals surface area contributed by atoms with E-state index in [4.69, 9.17) is 37.9 Å². The van der Waals surface area contributed by atoms with Crippen LogP contribution in [0.25, 0.3) is 11.1 Å². The van der Waals surface area contributed by atoms with Gasteiger partial charge in [-0.2, -0.15) is 0 Å². The predicted octanol–water partition coefficient (Wildman–Crippen LogP) is 3.58. The van der Waals surface area contributed by atoms with Gasteiger partial charge in [0.05, 0.1) is 72.7 Å². The molecule has 0 bridgehead atoms. The molecule has 1 aliphatic rings. The standard InChI is InChI=1S/C32H45NO10/c1-26(34)42-24-23-41-22-21-40-20-19-39-18-17-38-16-15-37-14-13-36-12-6-11-33-32(35)43-25-31-29-9-4-2-7-27(29)28-8-3-5-10-30(28)31/h2-5,7-10,31H,6,11-25H2,1H3,(H,33,35). The minimum Gasteiger partial charge on any atom is -0.463 e. The number of amides is 1. The Morgan fingerprint density at radius 1 is 0.581 bits per heavy atom. The number of carbonyl (C=O) groups excluding carboxylic acids is 2. The molecule has 11 nitrogen and oxygen atoms in total. The topological polar surface area (TPSA) is 120 Å². The molecule has 0 aromatic heterocycles. The lowest BCUT2D eigenvalue weighted by Gasteiger charge is -2.14. The molecule has 1 aliphatic carbocycles. The second-order valence-corrected chi connectivity index (χ2v) is 9.62. The number of fused-ring (bicyclic) bond motifs is 3. The van der Waals surface area contributed by atoms with Crippen molar-refractivity contribution in [2.45, 2.75) is 19.3 Å². The van der Waals surface area contributed by atoms with E-state index in [1.165, 1.54) is 29.2 Å². The lowest BCUT2D eigenvalue weighted by Crippen LogP contribution is -2.27. The molecule has 0 saturated heterocycles. The van der Waals surface area contributed by atoms with E-state index in [2.05, 4.69) is 29.6 Å². The number of ether oxygens (including phenoxy) is 8. The van der Waals surface area contributed by atoms with Crippen molar-refractivity contribution >= 4 is 12.1 Å². The molecular weight excluding hydrogens is 558 g/mol. The monoisotopic (exact) mass is 603 g/mol. The van der Waals surface area contributed by atoms with Crippen molar-refractivity contribution in [2.24, 2.45) is 0 Å². The summed E-state index contributed by atoms with van der Waals surface area (Å²) < 4.78 is 42.9. The van der Waals surface area contributed by atoms with E-state index in [1.54, 1.807) is 0 Å². The highest BCUT2D eigenvalue weighted by molar-refractivity contribution is 5.79. The zero-order valence-corrected chi connectivity index (χ0v) is 25.1. The van der Waals surface area contributed by atoms with E-state index in [1.807, 2.05) is 24.3 Å². The van der Waals surface area contributed by atoms with Crippen molar-refractivity contribution in [3.05, 3.63) is 59.7 Å². The van der Waals surface area contributed by atoms with Gasteiger partial charge in [0.2, 0.25) is 0 Å². The van der Waals surface area contributed by atoms with Gasteiger partial charge in [-0.05, 0) is 28.7 Å². The van der Waals surface area contributed by atoms with Gasteiger partial charge >= 0.3 is 12.1 Å². The van der Waals surface area contributed by atoms with E-state index in [0.717, 1.165) is 0 Å². The van der Waals surface area contributed by atoms with Crippen LogP contribution in [0.1, 0.15) is 30.4 Å². The normalized spacial score (nSPS) is 12.1. The number of rotatable bonds is 24. The largest absolute Gasteiger partial charge is 0.463 e. The first kappa shape index (κ1) is 34.4. The highest BCUT2D eigenvalue weighted by atomic mass is 16.6. The predicted molar refractivity (Wildman–Crippen MR) is 159 cm³/mol. The molecule has 0 atom stereocenters. The molecule has 11 heteroatoms. The van der Waals surface area contributed by atoms with Crippen LogP contribution >= 0.6 is 0 Å². The third-order valence-electron chi connectivity index (χ3n) is 6.47. The highest BCUT2D eigenvalue weighted by Gasteiger charge is 2.28. The molecule has 0 spiro atoms. The summed E-state index contributed by atoms with van der Waals surface area (Å²) in [6.45, 7) is 8.01. The zero-order valence-electron chi connectivity index (χ0n) is 25.1. The molecule has 43 heavy (non-hydrogen) atoms. The number of nitrogens with one attached hydrogen (secondary N) is 1. The molecular formula is C32H45NO10. The molecule has 0 radical (unpaired) electrons. The number of alkyl carbamates (subject to hydrolysis) is 1. The number of hydrogen-bond donors (Lipinski definition) is 1. The summed E-state index contributed by atoms with van der Waals surface area (Å²) >= 11 is 0. The first-order valence-corrected chi connectivity index (χ1v) is 14.9. The van der Waals surface area contributed by atoms with Gasteiger partial charge in [-0.15, -0.1) is 0 Å². The fourth-order valence-corrected chi connectivity index (χ4v) is 4.46. The molecule has 3 rings (SSSR count).